The first-order valence-corrected chi connectivity index (χ1v) is 12.5. The first-order chi connectivity index (χ1) is 16.0. The molecule has 0 saturated carbocycles. The first-order valence-electron chi connectivity index (χ1n) is 10.6. The Labute approximate surface area is 198 Å². The van der Waals surface area contributed by atoms with Crippen LogP contribution in [0.1, 0.15) is 0 Å². The molecule has 2 heterocycles. The van der Waals surface area contributed by atoms with Gasteiger partial charge in [-0.25, -0.2) is 13.3 Å². The Bertz CT molecular complexity index is 1250. The third-order valence-corrected chi connectivity index (χ3v) is 8.14. The van der Waals surface area contributed by atoms with Crippen LogP contribution in [0.5, 0.6) is 11.5 Å². The molecule has 0 aromatic heterocycles. The third kappa shape index (κ3) is 4.09. The van der Waals surface area contributed by atoms with E-state index in [1.54, 1.807) is 24.3 Å². The van der Waals surface area contributed by atoms with Crippen molar-refractivity contribution in [3.05, 3.63) is 77.8 Å². The largest absolute Gasteiger partial charge is 0.453 e. The Kier molecular flexibility index (Phi) is 6.03. The van der Waals surface area contributed by atoms with Gasteiger partial charge >= 0.3 is 0 Å². The molecular weight excluding hydrogens is 462 g/mol. The van der Waals surface area contributed by atoms with Crippen molar-refractivity contribution in [3.63, 3.8) is 0 Å². The van der Waals surface area contributed by atoms with Crippen molar-refractivity contribution < 1.29 is 18.8 Å². The lowest BCUT2D eigenvalue weighted by atomic mass is 9.98. The highest BCUT2D eigenvalue weighted by atomic mass is 35.5. The second-order valence-corrected chi connectivity index (χ2v) is 10.5. The monoisotopic (exact) mass is 485 g/mol. The number of rotatable bonds is 4. The zero-order valence-corrected chi connectivity index (χ0v) is 19.5. The molecule has 33 heavy (non-hydrogen) atoms. The molecule has 2 N–H and O–H groups in total. The van der Waals surface area contributed by atoms with Gasteiger partial charge in [0.2, 0.25) is 0 Å². The summed E-state index contributed by atoms with van der Waals surface area (Å²) in [6.07, 6.45) is -0.903. The van der Waals surface area contributed by atoms with Gasteiger partial charge in [0.25, 0.3) is 0 Å². The van der Waals surface area contributed by atoms with Gasteiger partial charge in [-0.15, -0.1) is 0 Å². The zero-order valence-electron chi connectivity index (χ0n) is 17.9. The minimum absolute atomic E-state index is 0.193. The molecule has 3 aromatic carbocycles. The van der Waals surface area contributed by atoms with Gasteiger partial charge < -0.3 is 19.5 Å². The lowest BCUT2D eigenvalue weighted by Crippen LogP contribution is -2.60. The van der Waals surface area contributed by atoms with Gasteiger partial charge in [0.1, 0.15) is 9.92 Å². The Balaban J connectivity index is 1.49. The number of ether oxygens (including phenoxy) is 2. The van der Waals surface area contributed by atoms with Gasteiger partial charge in [0, 0.05) is 12.1 Å². The molecule has 172 valence electrons. The predicted octanol–water partition coefficient (Wildman–Crippen LogP) is 4.37. The van der Waals surface area contributed by atoms with E-state index in [4.69, 9.17) is 21.1 Å². The summed E-state index contributed by atoms with van der Waals surface area (Å²) in [5.41, 5.74) is 1.67. The average molecular weight is 486 g/mol. The molecule has 3 aromatic rings. The van der Waals surface area contributed by atoms with Gasteiger partial charge in [0.15, 0.2) is 11.5 Å². The fourth-order valence-corrected chi connectivity index (χ4v) is 6.15. The summed E-state index contributed by atoms with van der Waals surface area (Å²) in [4.78, 5) is 2.49. The maximum atomic E-state index is 13.7. The molecule has 4 atom stereocenters. The summed E-state index contributed by atoms with van der Waals surface area (Å²) >= 11 is 6.11. The molecule has 0 amide bonds. The van der Waals surface area contributed by atoms with E-state index in [9.17, 15) is 9.32 Å². The van der Waals surface area contributed by atoms with Crippen LogP contribution < -0.4 is 14.4 Å². The molecule has 4 unspecified atom stereocenters. The summed E-state index contributed by atoms with van der Waals surface area (Å²) in [7, 11) is -1.54. The Morgan fingerprint density at radius 3 is 2.33 bits per heavy atom. The van der Waals surface area contributed by atoms with Crippen molar-refractivity contribution in [2.75, 3.05) is 25.2 Å². The molecule has 0 spiro atoms. The topological polar surface area (TPSA) is 83.4 Å². The Hall–Kier alpha value is -2.62. The van der Waals surface area contributed by atoms with Gasteiger partial charge in [-0.3, -0.25) is 0 Å². The quantitative estimate of drug-likeness (QED) is 0.573. The van der Waals surface area contributed by atoms with Crippen LogP contribution in [-0.2, 0) is 14.7 Å². The lowest BCUT2D eigenvalue weighted by Gasteiger charge is -2.44. The summed E-state index contributed by atoms with van der Waals surface area (Å²) in [6, 6.07) is 21.1. The number of hydrogen-bond donors (Lipinski definition) is 2. The van der Waals surface area contributed by atoms with Crippen LogP contribution >= 0.6 is 11.6 Å². The van der Waals surface area contributed by atoms with E-state index >= 15 is 0 Å². The Morgan fingerprint density at radius 2 is 1.70 bits per heavy atom. The van der Waals surface area contributed by atoms with Gasteiger partial charge in [-0.05, 0) is 42.5 Å². The van der Waals surface area contributed by atoms with Crippen LogP contribution in [0.3, 0.4) is 0 Å². The molecular formula is C24H24ClN3O4S. The van der Waals surface area contributed by atoms with Crippen LogP contribution in [0.4, 0.5) is 11.4 Å². The second-order valence-electron chi connectivity index (χ2n) is 7.89. The highest BCUT2D eigenvalue weighted by Gasteiger charge is 2.41. The van der Waals surface area contributed by atoms with Crippen LogP contribution in [0.2, 0.25) is 5.02 Å². The number of hydrogen-bond acceptors (Lipinski definition) is 6. The lowest BCUT2D eigenvalue weighted by molar-refractivity contribution is -0.0242. The number of aliphatic hydroxyl groups excluding tert-OH is 1. The molecule has 0 radical (unpaired) electrons. The molecule has 1 saturated heterocycles. The van der Waals surface area contributed by atoms with Crippen LogP contribution in [-0.4, -0.2) is 47.8 Å². The fourth-order valence-electron chi connectivity index (χ4n) is 4.27. The van der Waals surface area contributed by atoms with E-state index in [0.29, 0.717) is 28.0 Å². The van der Waals surface area contributed by atoms with Crippen molar-refractivity contribution in [3.8, 4) is 11.5 Å². The molecule has 5 rings (SSSR count). The second kappa shape index (κ2) is 8.96. The molecule has 7 nitrogen and oxygen atoms in total. The molecule has 2 aliphatic rings. The van der Waals surface area contributed by atoms with Crippen LogP contribution in [0.15, 0.2) is 82.1 Å². The minimum Gasteiger partial charge on any atom is -0.453 e. The van der Waals surface area contributed by atoms with Crippen molar-refractivity contribution in [2.24, 2.45) is 4.36 Å². The van der Waals surface area contributed by atoms with Gasteiger partial charge in [-0.1, -0.05) is 41.9 Å². The number of benzene rings is 3. The average Bonchev–Trinajstić information content (AvgIpc) is 2.84. The first kappa shape index (κ1) is 22.2. The molecule has 0 bridgehead atoms. The molecule has 2 aliphatic heterocycles. The van der Waals surface area contributed by atoms with E-state index in [-0.39, 0.29) is 6.61 Å². The van der Waals surface area contributed by atoms with Gasteiger partial charge in [-0.2, -0.15) is 0 Å². The van der Waals surface area contributed by atoms with Crippen molar-refractivity contribution in [1.82, 2.24) is 4.72 Å². The summed E-state index contributed by atoms with van der Waals surface area (Å²) in [5.74, 6) is 1.40. The van der Waals surface area contributed by atoms with E-state index in [0.717, 1.165) is 11.4 Å². The standard InChI is InChI=1S/C24H24ClN3O4S/c1-26-33(30,17-8-6-7-16(25)13-17)27-18-14-31-15-21(24(18)29)28-19-9-2-4-11-22(19)32-23-12-5-3-10-20(23)28/h2-13,18,21,24,29H,14-15H2,1H3,(H,26,27,30). The molecule has 9 heteroatoms. The van der Waals surface area contributed by atoms with Crippen molar-refractivity contribution in [2.45, 2.75) is 23.1 Å². The molecule has 1 fully saturated rings. The molecule has 0 aliphatic carbocycles. The number of aliphatic hydroxyl groups is 1. The summed E-state index contributed by atoms with van der Waals surface area (Å²) < 4.78 is 32.8. The van der Waals surface area contributed by atoms with Crippen LogP contribution in [0, 0.1) is 0 Å². The van der Waals surface area contributed by atoms with E-state index in [2.05, 4.69) is 9.08 Å². The number of halogens is 1. The maximum Gasteiger partial charge on any atom is 0.151 e. The van der Waals surface area contributed by atoms with Gasteiger partial charge in [0.05, 0.1) is 47.7 Å². The zero-order chi connectivity index (χ0) is 23.0. The number of fused-ring (bicyclic) bond motifs is 2. The highest BCUT2D eigenvalue weighted by Crippen LogP contribution is 2.48. The number of anilines is 2. The SMILES string of the molecule is CN=S(=O)(NC1COCC(N2c3ccccc3Oc3ccccc32)C1O)c1cccc(Cl)c1. The highest BCUT2D eigenvalue weighted by molar-refractivity contribution is 7.91. The Morgan fingerprint density at radius 1 is 1.03 bits per heavy atom. The minimum atomic E-state index is -3.03. The maximum absolute atomic E-state index is 13.7. The summed E-state index contributed by atoms with van der Waals surface area (Å²) in [6.45, 7) is 0.488. The van der Waals surface area contributed by atoms with E-state index in [1.165, 1.54) is 7.05 Å². The van der Waals surface area contributed by atoms with E-state index in [1.807, 2.05) is 53.4 Å². The number of nitrogens with one attached hydrogen (secondary N) is 1. The van der Waals surface area contributed by atoms with Crippen LogP contribution in [0.25, 0.3) is 0 Å². The van der Waals surface area contributed by atoms with E-state index < -0.39 is 28.1 Å². The summed E-state index contributed by atoms with van der Waals surface area (Å²) in [5, 5.41) is 11.9. The third-order valence-electron chi connectivity index (χ3n) is 5.88. The number of para-hydroxylation sites is 4. The predicted molar refractivity (Wildman–Crippen MR) is 129 cm³/mol. The smallest absolute Gasteiger partial charge is 0.151 e. The van der Waals surface area contributed by atoms with Crippen molar-refractivity contribution >= 4 is 32.9 Å². The normalized spacial score (nSPS) is 23.6. The van der Waals surface area contributed by atoms with Crippen molar-refractivity contribution in [1.29, 1.82) is 0 Å². The number of nitrogens with zero attached hydrogens (tertiary/aromatic N) is 2. The fraction of sp³-hybridized carbons (Fsp3) is 0.250.